The summed E-state index contributed by atoms with van der Waals surface area (Å²) in [4.78, 5) is 84.8. The van der Waals surface area contributed by atoms with Crippen molar-refractivity contribution in [3.63, 3.8) is 0 Å². The number of aromatic nitrogens is 16. The van der Waals surface area contributed by atoms with Crippen LogP contribution in [0.2, 0.25) is 0 Å². The average Bonchev–Trinajstić information content (AvgIpc) is 1.63. The van der Waals surface area contributed by atoms with Crippen LogP contribution in [0.1, 0.15) is 104 Å². The van der Waals surface area contributed by atoms with Crippen molar-refractivity contribution in [2.75, 3.05) is 42.7 Å². The van der Waals surface area contributed by atoms with Gasteiger partial charge in [-0.3, -0.25) is 32.6 Å². The van der Waals surface area contributed by atoms with Crippen molar-refractivity contribution < 1.29 is 14.3 Å². The quantitative estimate of drug-likeness (QED) is 0.0874. The number of aryl methyl sites for hydroxylation is 3. The molecule has 1 saturated heterocycles. The van der Waals surface area contributed by atoms with E-state index in [-0.39, 0.29) is 17.3 Å². The molecule has 6 aromatic carbocycles. The second kappa shape index (κ2) is 30.5. The zero-order valence-corrected chi connectivity index (χ0v) is 61.6. The third kappa shape index (κ3) is 14.5. The normalized spacial score (nSPS) is 13.5. The molecule has 0 bridgehead atoms. The lowest BCUT2D eigenvalue weighted by atomic mass is 9.97. The van der Waals surface area contributed by atoms with Crippen LogP contribution >= 0.6 is 0 Å². The molecule has 0 saturated carbocycles. The van der Waals surface area contributed by atoms with Crippen LogP contribution in [-0.2, 0) is 74.6 Å². The zero-order valence-electron chi connectivity index (χ0n) is 61.6. The first-order chi connectivity index (χ1) is 52.0. The van der Waals surface area contributed by atoms with Crippen LogP contribution in [0.3, 0.4) is 0 Å². The number of fused-ring (bicyclic) bond motifs is 4. The van der Waals surface area contributed by atoms with Gasteiger partial charge in [-0.25, -0.2) is 54.4 Å². The summed E-state index contributed by atoms with van der Waals surface area (Å²) in [5.41, 5.74) is 20.3. The van der Waals surface area contributed by atoms with Crippen molar-refractivity contribution >= 4 is 39.9 Å². The maximum atomic E-state index is 13.2. The van der Waals surface area contributed by atoms with E-state index < -0.39 is 0 Å². The lowest BCUT2D eigenvalue weighted by molar-refractivity contribution is -0.117. The molecular formula is C84H84N18O5. The highest BCUT2D eigenvalue weighted by molar-refractivity contribution is 6.00. The van der Waals surface area contributed by atoms with Gasteiger partial charge in [0.05, 0.1) is 107 Å². The molecule has 23 heteroatoms. The molecule has 0 N–H and O–H groups in total. The molecule has 3 aliphatic rings. The molecule has 0 aliphatic carbocycles. The molecule has 0 spiro atoms. The van der Waals surface area contributed by atoms with Gasteiger partial charge in [0.25, 0.3) is 0 Å². The van der Waals surface area contributed by atoms with E-state index in [9.17, 15) is 14.4 Å². The Morgan fingerprint density at radius 1 is 0.477 bits per heavy atom. The van der Waals surface area contributed by atoms with Crippen LogP contribution in [0.25, 0.3) is 90.1 Å². The SMILES string of the molecule is CC(C)c1ccccc1-c1ncc2c(n1)N(Cc1ccc(-c3cnn4c3COCC4)cc1)C(=O)C2.CC(C)c1ccccc1-c1ncc2c(n1)n(Cc1ccc(-c3cc(N4CCOCC4)ncn3)cc1)c(=O)n2C.CC(C)c1ccccc1-c1ncc2c(n1)n(Cc1ccc(-c3cncn3C)cc1)c(=O)n2C. The highest BCUT2D eigenvalue weighted by atomic mass is 16.5. The number of anilines is 2. The average molecular weight is 1430 g/mol. The summed E-state index contributed by atoms with van der Waals surface area (Å²) < 4.78 is 21.7. The van der Waals surface area contributed by atoms with E-state index in [1.807, 2.05) is 120 Å². The first kappa shape index (κ1) is 70.5. The van der Waals surface area contributed by atoms with Gasteiger partial charge < -0.3 is 18.9 Å². The minimum absolute atomic E-state index is 0.0514. The van der Waals surface area contributed by atoms with Crippen molar-refractivity contribution in [3.8, 4) is 67.8 Å². The van der Waals surface area contributed by atoms with E-state index in [1.54, 1.807) is 68.5 Å². The Bertz CT molecular complexity index is 5700. The summed E-state index contributed by atoms with van der Waals surface area (Å²) in [5, 5.41) is 4.49. The number of nitrogens with zero attached hydrogens (tertiary/aromatic N) is 18. The number of carbonyl (C=O) groups excluding carboxylic acids is 1. The smallest absolute Gasteiger partial charge is 0.330 e. The van der Waals surface area contributed by atoms with Gasteiger partial charge in [-0.1, -0.05) is 187 Å². The van der Waals surface area contributed by atoms with Crippen molar-refractivity contribution in [1.29, 1.82) is 0 Å². The number of rotatable bonds is 16. The molecule has 540 valence electrons. The van der Waals surface area contributed by atoms with E-state index in [2.05, 4.69) is 142 Å². The summed E-state index contributed by atoms with van der Waals surface area (Å²) in [5.74, 6) is 4.63. The van der Waals surface area contributed by atoms with Gasteiger partial charge in [-0.05, 0) is 62.3 Å². The van der Waals surface area contributed by atoms with Gasteiger partial charge in [0, 0.05) is 79.9 Å². The molecule has 11 heterocycles. The molecule has 8 aromatic heterocycles. The third-order valence-corrected chi connectivity index (χ3v) is 20.2. The molecule has 17 rings (SSSR count). The zero-order chi connectivity index (χ0) is 74.0. The fraction of sp³-hybridized carbons (Fsp3) is 0.274. The Labute approximate surface area is 619 Å². The number of amides is 1. The number of hydrogen-bond donors (Lipinski definition) is 0. The topological polar surface area (TPSA) is 235 Å². The van der Waals surface area contributed by atoms with Crippen molar-refractivity contribution in [3.05, 3.63) is 261 Å². The van der Waals surface area contributed by atoms with Gasteiger partial charge in [0.2, 0.25) is 5.91 Å². The minimum Gasteiger partial charge on any atom is -0.378 e. The number of benzene rings is 6. The summed E-state index contributed by atoms with van der Waals surface area (Å²) in [7, 11) is 5.49. The maximum absolute atomic E-state index is 13.2. The lowest BCUT2D eigenvalue weighted by Gasteiger charge is -2.27. The first-order valence-electron chi connectivity index (χ1n) is 36.3. The number of hydrogen-bond acceptors (Lipinski definition) is 16. The van der Waals surface area contributed by atoms with Gasteiger partial charge >= 0.3 is 11.4 Å². The van der Waals surface area contributed by atoms with E-state index in [4.69, 9.17) is 24.4 Å². The van der Waals surface area contributed by atoms with Crippen LogP contribution in [-0.4, -0.2) is 116 Å². The number of imidazole rings is 3. The Morgan fingerprint density at radius 2 is 0.972 bits per heavy atom. The molecular weight excluding hydrogens is 1340 g/mol. The highest BCUT2D eigenvalue weighted by Gasteiger charge is 2.31. The number of carbonyl (C=O) groups is 1. The predicted molar refractivity (Wildman–Crippen MR) is 416 cm³/mol. The van der Waals surface area contributed by atoms with E-state index in [0.717, 1.165) is 109 Å². The predicted octanol–water partition coefficient (Wildman–Crippen LogP) is 13.4. The van der Waals surface area contributed by atoms with E-state index in [0.29, 0.717) is 110 Å². The fourth-order valence-corrected chi connectivity index (χ4v) is 14.3. The summed E-state index contributed by atoms with van der Waals surface area (Å²) >= 11 is 0. The number of morpholine rings is 1. The molecule has 0 unspecified atom stereocenters. The van der Waals surface area contributed by atoms with Gasteiger partial charge in [-0.15, -0.1) is 0 Å². The highest BCUT2D eigenvalue weighted by Crippen LogP contribution is 2.36. The van der Waals surface area contributed by atoms with E-state index in [1.165, 1.54) is 16.7 Å². The second-order valence-corrected chi connectivity index (χ2v) is 28.2. The van der Waals surface area contributed by atoms with Crippen LogP contribution in [0.4, 0.5) is 11.6 Å². The van der Waals surface area contributed by atoms with Gasteiger partial charge in [0.15, 0.2) is 28.8 Å². The Balaban J connectivity index is 0.000000129. The van der Waals surface area contributed by atoms with Crippen molar-refractivity contribution in [2.45, 2.75) is 98.5 Å². The Morgan fingerprint density at radius 3 is 1.50 bits per heavy atom. The first-order valence-corrected chi connectivity index (χ1v) is 36.3. The molecule has 0 atom stereocenters. The standard InChI is InChI=1S/C30H31N7O2.C28H27N5O2.C26H26N6O/c1-20(2)23-6-4-5-7-24(23)28-31-17-26-29(34-28)37(30(38)35(26)3)18-21-8-10-22(11-9-21)25-16-27(33-19-32-25)36-12-14-39-15-13-36;1-18(2)22-5-3-4-6-23(22)27-29-14-21-13-26(34)32(28(21)31-27)16-19-7-9-20(10-8-19)24-15-30-33-11-12-35-17-25(24)33;1-17(2)20-7-5-6-8-21(20)24-28-14-23-25(29-24)32(26(33)31(23)4)15-18-9-11-19(12-10-18)22-13-27-16-30(22)3/h4-11,16-17,19-20H,12-15,18H2,1-3H3;3-10,14-15,18H,11-13,16-17H2,1-2H3;5-14,16-17H,15H2,1-4H3. The molecule has 23 nitrogen and oxygen atoms in total. The van der Waals surface area contributed by atoms with Crippen LogP contribution in [0.15, 0.2) is 205 Å². The third-order valence-electron chi connectivity index (χ3n) is 20.2. The molecule has 3 aliphatic heterocycles. The Hall–Kier alpha value is -12.2. The van der Waals surface area contributed by atoms with Gasteiger partial charge in [-0.2, -0.15) is 5.10 Å². The van der Waals surface area contributed by atoms with Crippen LogP contribution in [0.5, 0.6) is 0 Å². The summed E-state index contributed by atoms with van der Waals surface area (Å²) in [6, 6.07) is 51.3. The minimum atomic E-state index is -0.122. The molecule has 107 heavy (non-hydrogen) atoms. The van der Waals surface area contributed by atoms with Crippen molar-refractivity contribution in [2.24, 2.45) is 21.1 Å². The van der Waals surface area contributed by atoms with E-state index >= 15 is 0 Å². The summed E-state index contributed by atoms with van der Waals surface area (Å²) in [6.45, 7) is 19.4. The van der Waals surface area contributed by atoms with Gasteiger partial charge in [0.1, 0.15) is 29.0 Å². The van der Waals surface area contributed by atoms with Crippen LogP contribution < -0.4 is 21.2 Å². The lowest BCUT2D eigenvalue weighted by Crippen LogP contribution is -2.36. The largest absolute Gasteiger partial charge is 0.378 e. The monoisotopic (exact) mass is 1420 g/mol. The molecule has 1 amide bonds. The maximum Gasteiger partial charge on any atom is 0.330 e. The van der Waals surface area contributed by atoms with Crippen molar-refractivity contribution in [1.82, 2.24) is 77.5 Å². The molecule has 1 fully saturated rings. The fourth-order valence-electron chi connectivity index (χ4n) is 14.3. The van der Waals surface area contributed by atoms with Crippen LogP contribution in [0, 0.1) is 0 Å². The molecule has 0 radical (unpaired) electrons. The Kier molecular flexibility index (Phi) is 20.1. The summed E-state index contributed by atoms with van der Waals surface area (Å²) in [6.07, 6.45) is 12.8. The second-order valence-electron chi connectivity index (χ2n) is 28.2. The molecule has 14 aromatic rings. The number of ether oxygens (including phenoxy) is 2.